The molecule has 8 heteroatoms. The lowest BCUT2D eigenvalue weighted by molar-refractivity contribution is -0.384. The van der Waals surface area contributed by atoms with Crippen LogP contribution in [-0.2, 0) is 4.79 Å². The Kier molecular flexibility index (Phi) is 6.29. The van der Waals surface area contributed by atoms with Crippen LogP contribution in [0.4, 0.5) is 17.1 Å². The Hall–Kier alpha value is -4.33. The minimum absolute atomic E-state index is 0.0950. The average molecular weight is 403 g/mol. The highest BCUT2D eigenvalue weighted by Gasteiger charge is 2.13. The fourth-order valence-corrected chi connectivity index (χ4v) is 2.52. The first kappa shape index (κ1) is 20.4. The maximum Gasteiger partial charge on any atom is 0.343 e. The summed E-state index contributed by atoms with van der Waals surface area (Å²) in [5, 5.41) is 13.5. The molecule has 0 unspecified atom stereocenters. The molecule has 3 rings (SSSR count). The molecule has 0 spiro atoms. The number of hydrogen-bond acceptors (Lipinski definition) is 6. The number of non-ortho nitro benzene ring substituents is 1. The van der Waals surface area contributed by atoms with Crippen molar-refractivity contribution in [1.82, 2.24) is 0 Å². The molecule has 1 N–H and O–H groups in total. The monoisotopic (exact) mass is 403 g/mol. The summed E-state index contributed by atoms with van der Waals surface area (Å²) < 4.78 is 5.26. The van der Waals surface area contributed by atoms with E-state index in [0.29, 0.717) is 17.1 Å². The highest BCUT2D eigenvalue weighted by Crippen LogP contribution is 2.19. The molecule has 3 aromatic carbocycles. The highest BCUT2D eigenvalue weighted by atomic mass is 16.6. The first-order chi connectivity index (χ1) is 14.4. The third-order valence-electron chi connectivity index (χ3n) is 3.93. The van der Waals surface area contributed by atoms with Gasteiger partial charge in [-0.15, -0.1) is 0 Å². The van der Waals surface area contributed by atoms with Crippen LogP contribution < -0.4 is 10.1 Å². The molecule has 0 aliphatic rings. The maximum atomic E-state index is 12.2. The van der Waals surface area contributed by atoms with Crippen LogP contribution >= 0.6 is 0 Å². The number of nitrogens with zero attached hydrogens (tertiary/aromatic N) is 2. The van der Waals surface area contributed by atoms with Crippen LogP contribution in [0.25, 0.3) is 0 Å². The SMILES string of the molecule is CC(=O)Nc1ccc(N=Cc2ccc(OC(=O)c3cccc([N+](=O)[O-])c3)cc2)cc1. The molecule has 0 bridgehead atoms. The van der Waals surface area contributed by atoms with Gasteiger partial charge in [-0.3, -0.25) is 19.9 Å². The third kappa shape index (κ3) is 5.59. The number of carbonyl (C=O) groups excluding carboxylic acids is 2. The summed E-state index contributed by atoms with van der Waals surface area (Å²) in [5.41, 5.74) is 2.11. The first-order valence-corrected chi connectivity index (χ1v) is 8.89. The van der Waals surface area contributed by atoms with Crippen molar-refractivity contribution in [1.29, 1.82) is 0 Å². The number of nitrogens with one attached hydrogen (secondary N) is 1. The zero-order valence-electron chi connectivity index (χ0n) is 15.9. The molecule has 1 amide bonds. The number of ether oxygens (including phenoxy) is 1. The van der Waals surface area contributed by atoms with Crippen LogP contribution in [0.15, 0.2) is 77.8 Å². The van der Waals surface area contributed by atoms with E-state index >= 15 is 0 Å². The van der Waals surface area contributed by atoms with Crippen LogP contribution in [-0.4, -0.2) is 23.0 Å². The lowest BCUT2D eigenvalue weighted by Crippen LogP contribution is -2.08. The highest BCUT2D eigenvalue weighted by molar-refractivity contribution is 5.92. The molecule has 0 saturated carbocycles. The molecule has 3 aromatic rings. The number of hydrogen-bond donors (Lipinski definition) is 1. The molecule has 8 nitrogen and oxygen atoms in total. The maximum absolute atomic E-state index is 12.2. The number of anilines is 1. The van der Waals surface area contributed by atoms with Gasteiger partial charge >= 0.3 is 5.97 Å². The Labute approximate surface area is 172 Å². The van der Waals surface area contributed by atoms with Crippen LogP contribution in [0, 0.1) is 10.1 Å². The smallest absolute Gasteiger partial charge is 0.343 e. The average Bonchev–Trinajstić information content (AvgIpc) is 2.74. The quantitative estimate of drug-likeness (QED) is 0.214. The van der Waals surface area contributed by atoms with Crippen molar-refractivity contribution in [3.05, 3.63) is 94.0 Å². The van der Waals surface area contributed by atoms with Crippen molar-refractivity contribution in [2.45, 2.75) is 6.92 Å². The van der Waals surface area contributed by atoms with E-state index < -0.39 is 10.9 Å². The number of aliphatic imine (C=N–C) groups is 1. The van der Waals surface area contributed by atoms with Gasteiger partial charge in [0, 0.05) is 31.0 Å². The summed E-state index contributed by atoms with van der Waals surface area (Å²) in [6, 6.07) is 19.1. The fourth-order valence-electron chi connectivity index (χ4n) is 2.52. The van der Waals surface area contributed by atoms with Crippen molar-refractivity contribution < 1.29 is 19.2 Å². The standard InChI is InChI=1S/C22H17N3O5/c1-15(26)24-19-9-7-18(8-10-19)23-14-16-5-11-21(12-6-16)30-22(27)17-3-2-4-20(13-17)25(28)29/h2-14H,1H3,(H,24,26). The Morgan fingerprint density at radius 3 is 2.37 bits per heavy atom. The van der Waals surface area contributed by atoms with Crippen molar-refractivity contribution in [2.75, 3.05) is 5.32 Å². The van der Waals surface area contributed by atoms with Crippen molar-refractivity contribution in [2.24, 2.45) is 4.99 Å². The summed E-state index contributed by atoms with van der Waals surface area (Å²) in [6.07, 6.45) is 1.65. The lowest BCUT2D eigenvalue weighted by atomic mass is 10.2. The van der Waals surface area contributed by atoms with E-state index in [-0.39, 0.29) is 17.2 Å². The molecule has 0 heterocycles. The van der Waals surface area contributed by atoms with E-state index in [1.165, 1.54) is 31.2 Å². The van der Waals surface area contributed by atoms with Crippen LogP contribution in [0.5, 0.6) is 5.75 Å². The van der Waals surface area contributed by atoms with Gasteiger partial charge in [0.05, 0.1) is 16.2 Å². The molecule has 0 saturated heterocycles. The number of nitro benzene ring substituents is 1. The number of carbonyl (C=O) groups is 2. The van der Waals surface area contributed by atoms with Gasteiger partial charge in [-0.05, 0) is 60.2 Å². The normalized spacial score (nSPS) is 10.6. The van der Waals surface area contributed by atoms with Gasteiger partial charge in [-0.25, -0.2) is 4.79 Å². The number of esters is 1. The van der Waals surface area contributed by atoms with Gasteiger partial charge in [-0.2, -0.15) is 0 Å². The molecule has 0 radical (unpaired) electrons. The van der Waals surface area contributed by atoms with Gasteiger partial charge in [0.25, 0.3) is 5.69 Å². The third-order valence-corrected chi connectivity index (χ3v) is 3.93. The van der Waals surface area contributed by atoms with E-state index in [9.17, 15) is 19.7 Å². The van der Waals surface area contributed by atoms with Crippen LogP contribution in [0.3, 0.4) is 0 Å². The van der Waals surface area contributed by atoms with Gasteiger partial charge in [-0.1, -0.05) is 6.07 Å². The summed E-state index contributed by atoms with van der Waals surface area (Å²) in [5.74, 6) is -0.514. The predicted molar refractivity (Wildman–Crippen MR) is 112 cm³/mol. The van der Waals surface area contributed by atoms with Crippen molar-refractivity contribution >= 4 is 35.2 Å². The fraction of sp³-hybridized carbons (Fsp3) is 0.0455. The lowest BCUT2D eigenvalue weighted by Gasteiger charge is -2.05. The van der Waals surface area contributed by atoms with Crippen molar-refractivity contribution in [3.8, 4) is 5.75 Å². The second-order valence-electron chi connectivity index (χ2n) is 6.25. The Morgan fingerprint density at radius 1 is 1.03 bits per heavy atom. The van der Waals surface area contributed by atoms with E-state index in [1.54, 1.807) is 54.7 Å². The summed E-state index contributed by atoms with van der Waals surface area (Å²) in [6.45, 7) is 1.44. The zero-order valence-corrected chi connectivity index (χ0v) is 15.9. The molecular weight excluding hydrogens is 386 g/mol. The summed E-state index contributed by atoms with van der Waals surface area (Å²) in [7, 11) is 0. The summed E-state index contributed by atoms with van der Waals surface area (Å²) >= 11 is 0. The van der Waals surface area contributed by atoms with E-state index in [4.69, 9.17) is 4.74 Å². The van der Waals surface area contributed by atoms with Crippen LogP contribution in [0.1, 0.15) is 22.8 Å². The molecule has 150 valence electrons. The Morgan fingerprint density at radius 2 is 1.73 bits per heavy atom. The largest absolute Gasteiger partial charge is 0.423 e. The first-order valence-electron chi connectivity index (χ1n) is 8.89. The molecule has 0 aliphatic carbocycles. The number of amides is 1. The molecule has 0 atom stereocenters. The van der Waals surface area contributed by atoms with E-state index in [0.717, 1.165) is 5.56 Å². The topological polar surface area (TPSA) is 111 Å². The zero-order chi connectivity index (χ0) is 21.5. The van der Waals surface area contributed by atoms with Gasteiger partial charge in [0.15, 0.2) is 0 Å². The van der Waals surface area contributed by atoms with Gasteiger partial charge in [0.2, 0.25) is 5.91 Å². The molecule has 0 aromatic heterocycles. The van der Waals surface area contributed by atoms with E-state index in [2.05, 4.69) is 10.3 Å². The van der Waals surface area contributed by atoms with Crippen molar-refractivity contribution in [3.63, 3.8) is 0 Å². The van der Waals surface area contributed by atoms with Crippen LogP contribution in [0.2, 0.25) is 0 Å². The number of rotatable bonds is 6. The summed E-state index contributed by atoms with van der Waals surface area (Å²) in [4.78, 5) is 37.8. The molecule has 0 fully saturated rings. The Balaban J connectivity index is 1.62. The number of benzene rings is 3. The molecular formula is C22H17N3O5. The second kappa shape index (κ2) is 9.24. The minimum atomic E-state index is -0.681. The molecule has 30 heavy (non-hydrogen) atoms. The minimum Gasteiger partial charge on any atom is -0.423 e. The Bertz CT molecular complexity index is 1110. The van der Waals surface area contributed by atoms with Gasteiger partial charge in [0.1, 0.15) is 5.75 Å². The second-order valence-corrected chi connectivity index (χ2v) is 6.25. The number of nitro groups is 1. The predicted octanol–water partition coefficient (Wildman–Crippen LogP) is 4.52. The van der Waals surface area contributed by atoms with E-state index in [1.807, 2.05) is 0 Å². The van der Waals surface area contributed by atoms with Gasteiger partial charge < -0.3 is 10.1 Å². The molecule has 0 aliphatic heterocycles.